The summed E-state index contributed by atoms with van der Waals surface area (Å²) in [5.74, 6) is 0.770. The highest BCUT2D eigenvalue weighted by atomic mass is 16.5. The average Bonchev–Trinajstić information content (AvgIpc) is 3.05. The van der Waals surface area contributed by atoms with Crippen molar-refractivity contribution in [3.8, 4) is 16.9 Å². The number of rotatable bonds is 5. The Morgan fingerprint density at radius 3 is 2.50 bits per heavy atom. The van der Waals surface area contributed by atoms with E-state index in [-0.39, 0.29) is 0 Å². The van der Waals surface area contributed by atoms with Crippen LogP contribution >= 0.6 is 0 Å². The molecule has 2 heterocycles. The van der Waals surface area contributed by atoms with Gasteiger partial charge in [0.1, 0.15) is 12.4 Å². The lowest BCUT2D eigenvalue weighted by molar-refractivity contribution is 0.111. The van der Waals surface area contributed by atoms with Gasteiger partial charge < -0.3 is 9.14 Å². The largest absolute Gasteiger partial charge is 0.488 e. The first-order valence-corrected chi connectivity index (χ1v) is 8.59. The molecule has 0 atom stereocenters. The van der Waals surface area contributed by atoms with Crippen LogP contribution in [0.25, 0.3) is 16.6 Å². The number of aldehydes is 1. The normalized spacial score (nSPS) is 10.8. The number of para-hydroxylation sites is 1. The van der Waals surface area contributed by atoms with Crippen LogP contribution in [-0.2, 0) is 6.61 Å². The molecule has 26 heavy (non-hydrogen) atoms. The molecule has 0 aliphatic rings. The van der Waals surface area contributed by atoms with Crippen LogP contribution < -0.4 is 4.74 Å². The predicted molar refractivity (Wildman–Crippen MR) is 104 cm³/mol. The molecule has 4 rings (SSSR count). The molecule has 2 aromatic heterocycles. The van der Waals surface area contributed by atoms with Crippen molar-refractivity contribution in [3.05, 3.63) is 95.8 Å². The molecule has 0 radical (unpaired) electrons. The summed E-state index contributed by atoms with van der Waals surface area (Å²) >= 11 is 0. The Kier molecular flexibility index (Phi) is 4.28. The summed E-state index contributed by atoms with van der Waals surface area (Å²) in [6.07, 6.45) is 2.89. The minimum Gasteiger partial charge on any atom is -0.488 e. The Labute approximate surface area is 152 Å². The fourth-order valence-electron chi connectivity index (χ4n) is 3.18. The summed E-state index contributed by atoms with van der Waals surface area (Å²) in [6.45, 7) is 2.51. The second kappa shape index (κ2) is 6.89. The number of hydrogen-bond donors (Lipinski definition) is 0. The summed E-state index contributed by atoms with van der Waals surface area (Å²) < 4.78 is 8.01. The number of nitrogens with zero attached hydrogens (tertiary/aromatic N) is 1. The second-order valence-corrected chi connectivity index (χ2v) is 6.33. The van der Waals surface area contributed by atoms with Gasteiger partial charge in [0.2, 0.25) is 0 Å². The van der Waals surface area contributed by atoms with Gasteiger partial charge in [-0.2, -0.15) is 0 Å². The molecule has 3 heteroatoms. The Balaban J connectivity index is 1.77. The topological polar surface area (TPSA) is 30.7 Å². The molecule has 0 unspecified atom stereocenters. The summed E-state index contributed by atoms with van der Waals surface area (Å²) in [6, 6.07) is 24.0. The number of pyridine rings is 1. The van der Waals surface area contributed by atoms with Crippen LogP contribution in [0.2, 0.25) is 0 Å². The Morgan fingerprint density at radius 2 is 1.69 bits per heavy atom. The number of fused-ring (bicyclic) bond motifs is 1. The fourth-order valence-corrected chi connectivity index (χ4v) is 3.18. The van der Waals surface area contributed by atoms with Crippen LogP contribution in [0, 0.1) is 6.92 Å². The van der Waals surface area contributed by atoms with Crippen molar-refractivity contribution in [2.45, 2.75) is 13.5 Å². The van der Waals surface area contributed by atoms with Gasteiger partial charge in [-0.05, 0) is 36.2 Å². The van der Waals surface area contributed by atoms with Crippen molar-refractivity contribution in [1.29, 1.82) is 0 Å². The van der Waals surface area contributed by atoms with Crippen molar-refractivity contribution in [1.82, 2.24) is 4.40 Å². The van der Waals surface area contributed by atoms with Gasteiger partial charge in [-0.25, -0.2) is 0 Å². The van der Waals surface area contributed by atoms with E-state index in [1.54, 1.807) is 0 Å². The zero-order chi connectivity index (χ0) is 17.9. The van der Waals surface area contributed by atoms with Gasteiger partial charge >= 0.3 is 0 Å². The molecule has 0 spiro atoms. The first kappa shape index (κ1) is 16.2. The minimum atomic E-state index is 0.487. The smallest absolute Gasteiger partial charge is 0.167 e. The van der Waals surface area contributed by atoms with Crippen molar-refractivity contribution in [2.75, 3.05) is 0 Å². The molecule has 0 aliphatic heterocycles. The van der Waals surface area contributed by atoms with E-state index < -0.39 is 0 Å². The van der Waals surface area contributed by atoms with Gasteiger partial charge in [-0.15, -0.1) is 0 Å². The molecular formula is C23H19NO2. The number of ether oxygens (including phenoxy) is 1. The number of aromatic nitrogens is 1. The molecule has 0 saturated carbocycles. The van der Waals surface area contributed by atoms with Gasteiger partial charge in [-0.1, -0.05) is 54.6 Å². The molecule has 0 bridgehead atoms. The lowest BCUT2D eigenvalue weighted by atomic mass is 10.1. The van der Waals surface area contributed by atoms with E-state index in [2.05, 4.69) is 0 Å². The van der Waals surface area contributed by atoms with Crippen LogP contribution in [0.3, 0.4) is 0 Å². The average molecular weight is 341 g/mol. The van der Waals surface area contributed by atoms with E-state index in [1.807, 2.05) is 90.3 Å². The van der Waals surface area contributed by atoms with Crippen LogP contribution in [0.4, 0.5) is 0 Å². The van der Waals surface area contributed by atoms with Gasteiger partial charge in [0.05, 0.1) is 5.69 Å². The summed E-state index contributed by atoms with van der Waals surface area (Å²) in [5.41, 5.74) is 5.65. The third-order valence-electron chi connectivity index (χ3n) is 4.48. The van der Waals surface area contributed by atoms with Crippen LogP contribution in [0.15, 0.2) is 79.0 Å². The summed E-state index contributed by atoms with van der Waals surface area (Å²) in [7, 11) is 0. The maximum Gasteiger partial charge on any atom is 0.167 e. The molecule has 0 fully saturated rings. The molecule has 128 valence electrons. The molecule has 0 N–H and O–H groups in total. The van der Waals surface area contributed by atoms with E-state index in [9.17, 15) is 4.79 Å². The third kappa shape index (κ3) is 3.00. The van der Waals surface area contributed by atoms with Crippen molar-refractivity contribution in [3.63, 3.8) is 0 Å². The van der Waals surface area contributed by atoms with Gasteiger partial charge in [0.25, 0.3) is 0 Å². The minimum absolute atomic E-state index is 0.487. The highest BCUT2D eigenvalue weighted by Gasteiger charge is 2.15. The van der Waals surface area contributed by atoms with E-state index in [1.165, 1.54) is 0 Å². The Bertz CT molecular complexity index is 1060. The molecule has 0 aliphatic carbocycles. The lowest BCUT2D eigenvalue weighted by Crippen LogP contribution is -1.98. The molecule has 2 aromatic carbocycles. The standard InChI is InChI=1S/C23H19NO2/c1-17-11-12-19-13-21(22(15-25)24(19)14-17)20-9-5-6-10-23(20)26-16-18-7-3-2-4-8-18/h2-15H,16H2,1H3. The quantitative estimate of drug-likeness (QED) is 0.461. The number of hydrogen-bond acceptors (Lipinski definition) is 2. The molecule has 0 amide bonds. The van der Waals surface area contributed by atoms with Crippen molar-refractivity contribution < 1.29 is 9.53 Å². The SMILES string of the molecule is Cc1ccc2cc(-c3ccccc3OCc3ccccc3)c(C=O)n2c1. The maximum absolute atomic E-state index is 11.8. The van der Waals surface area contributed by atoms with E-state index >= 15 is 0 Å². The summed E-state index contributed by atoms with van der Waals surface area (Å²) in [4.78, 5) is 11.8. The zero-order valence-corrected chi connectivity index (χ0v) is 14.6. The maximum atomic E-state index is 11.8. The first-order chi connectivity index (χ1) is 12.8. The van der Waals surface area contributed by atoms with Crippen molar-refractivity contribution in [2.24, 2.45) is 0 Å². The lowest BCUT2D eigenvalue weighted by Gasteiger charge is -2.11. The number of benzene rings is 2. The zero-order valence-electron chi connectivity index (χ0n) is 14.6. The van der Waals surface area contributed by atoms with Crippen LogP contribution in [-0.4, -0.2) is 10.7 Å². The number of carbonyl (C=O) groups excluding carboxylic acids is 1. The molecule has 4 aromatic rings. The molecule has 0 saturated heterocycles. The van der Waals surface area contributed by atoms with Gasteiger partial charge in [-0.3, -0.25) is 4.79 Å². The van der Waals surface area contributed by atoms with E-state index in [0.29, 0.717) is 12.3 Å². The van der Waals surface area contributed by atoms with E-state index in [4.69, 9.17) is 4.74 Å². The number of carbonyl (C=O) groups is 1. The monoisotopic (exact) mass is 341 g/mol. The molecule has 3 nitrogen and oxygen atoms in total. The van der Waals surface area contributed by atoms with E-state index in [0.717, 1.165) is 39.8 Å². The van der Waals surface area contributed by atoms with Crippen LogP contribution in [0.5, 0.6) is 5.75 Å². The highest BCUT2D eigenvalue weighted by Crippen LogP contribution is 2.34. The second-order valence-electron chi connectivity index (χ2n) is 6.33. The first-order valence-electron chi connectivity index (χ1n) is 8.59. The Morgan fingerprint density at radius 1 is 0.923 bits per heavy atom. The van der Waals surface area contributed by atoms with Crippen molar-refractivity contribution >= 4 is 11.8 Å². The highest BCUT2D eigenvalue weighted by molar-refractivity contribution is 5.91. The summed E-state index contributed by atoms with van der Waals surface area (Å²) in [5, 5.41) is 0. The van der Waals surface area contributed by atoms with Crippen LogP contribution in [0.1, 0.15) is 21.6 Å². The third-order valence-corrected chi connectivity index (χ3v) is 4.48. The number of aryl methyl sites for hydroxylation is 1. The van der Waals surface area contributed by atoms with Gasteiger partial charge in [0, 0.05) is 22.8 Å². The molecular weight excluding hydrogens is 322 g/mol. The Hall–Kier alpha value is -3.33. The fraction of sp³-hybridized carbons (Fsp3) is 0.0870. The van der Waals surface area contributed by atoms with Gasteiger partial charge in [0.15, 0.2) is 6.29 Å². The predicted octanol–water partition coefficient (Wildman–Crippen LogP) is 5.31.